The van der Waals surface area contributed by atoms with E-state index >= 15 is 0 Å². The Morgan fingerprint density at radius 3 is 1.74 bits per heavy atom. The van der Waals surface area contributed by atoms with Crippen molar-refractivity contribution >= 4 is 10.1 Å². The molecular weight excluding hydrogens is 266 g/mol. The normalized spacial score (nSPS) is 10.9. The fourth-order valence-electron chi connectivity index (χ4n) is 1.59. The highest BCUT2D eigenvalue weighted by atomic mass is 32.2. The number of hydrogen-bond donors (Lipinski definition) is 3. The molecule has 0 radical (unpaired) electrons. The van der Waals surface area contributed by atoms with Crippen LogP contribution in [0, 0.1) is 0 Å². The maximum atomic E-state index is 9.19. The van der Waals surface area contributed by atoms with Gasteiger partial charge in [0.15, 0.2) is 0 Å². The Kier molecular flexibility index (Phi) is 17.7. The minimum Gasteiger partial charge on any atom is -0.395 e. The molecule has 0 amide bonds. The van der Waals surface area contributed by atoms with Crippen LogP contribution in [0.25, 0.3) is 0 Å². The maximum absolute atomic E-state index is 9.19. The molecule has 0 heterocycles. The second-order valence-electron chi connectivity index (χ2n) is 4.68. The first-order valence-electron chi connectivity index (χ1n) is 7.15. The largest absolute Gasteiger partial charge is 0.395 e. The van der Waals surface area contributed by atoms with Crippen molar-refractivity contribution in [3.63, 3.8) is 0 Å². The topological polar surface area (TPSA) is 86.6 Å². The third-order valence-corrected chi connectivity index (χ3v) is 2.50. The average molecular weight is 297 g/mol. The van der Waals surface area contributed by atoms with Gasteiger partial charge in [0.1, 0.15) is 0 Å². The van der Waals surface area contributed by atoms with Crippen molar-refractivity contribution in [3.8, 4) is 0 Å². The molecule has 0 aromatic heterocycles. The van der Waals surface area contributed by atoms with Gasteiger partial charge in [-0.15, -0.1) is 0 Å². The van der Waals surface area contributed by atoms with Gasteiger partial charge >= 0.3 is 0 Å². The Hall–Kier alpha value is -0.170. The van der Waals surface area contributed by atoms with Gasteiger partial charge in [-0.3, -0.25) is 4.55 Å². The quantitative estimate of drug-likeness (QED) is 0.402. The first kappa shape index (κ1) is 21.1. The summed E-state index contributed by atoms with van der Waals surface area (Å²) in [6.07, 6.45) is 11.7. The average Bonchev–Trinajstić information content (AvgIpc) is 2.29. The molecule has 0 aliphatic carbocycles. The van der Waals surface area contributed by atoms with Crippen LogP contribution in [-0.2, 0) is 10.1 Å². The zero-order chi connectivity index (χ0) is 15.0. The third-order valence-electron chi connectivity index (χ3n) is 2.50. The van der Waals surface area contributed by atoms with E-state index in [0.717, 1.165) is 13.1 Å². The summed E-state index contributed by atoms with van der Waals surface area (Å²) in [7, 11) is -3.67. The molecule has 0 saturated carbocycles. The van der Waals surface area contributed by atoms with E-state index in [2.05, 4.69) is 12.2 Å². The second-order valence-corrected chi connectivity index (χ2v) is 6.15. The lowest BCUT2D eigenvalue weighted by Gasteiger charge is -2.02. The number of unbranched alkanes of at least 4 members (excludes halogenated alkanes) is 7. The number of aliphatic hydroxyl groups is 1. The van der Waals surface area contributed by atoms with E-state index in [4.69, 9.17) is 9.66 Å². The van der Waals surface area contributed by atoms with Crippen LogP contribution >= 0.6 is 0 Å². The van der Waals surface area contributed by atoms with E-state index in [0.29, 0.717) is 6.26 Å². The van der Waals surface area contributed by atoms with Gasteiger partial charge in [0.05, 0.1) is 12.9 Å². The molecule has 0 rings (SSSR count). The van der Waals surface area contributed by atoms with Crippen molar-refractivity contribution in [2.45, 2.75) is 58.3 Å². The van der Waals surface area contributed by atoms with E-state index in [1.807, 2.05) is 0 Å². The first-order valence-corrected chi connectivity index (χ1v) is 9.00. The SMILES string of the molecule is CCCCCCCCCCNCCO.CS(=O)(=O)O. The van der Waals surface area contributed by atoms with Gasteiger partial charge in [-0.05, 0) is 13.0 Å². The van der Waals surface area contributed by atoms with Gasteiger partial charge in [-0.2, -0.15) is 8.42 Å². The molecule has 118 valence electrons. The third kappa shape index (κ3) is 38.1. The number of aliphatic hydroxyl groups excluding tert-OH is 1. The van der Waals surface area contributed by atoms with E-state index < -0.39 is 10.1 Å². The van der Waals surface area contributed by atoms with Crippen LogP contribution < -0.4 is 5.32 Å². The molecule has 0 bridgehead atoms. The van der Waals surface area contributed by atoms with Crippen molar-refractivity contribution in [2.24, 2.45) is 0 Å². The molecule has 5 nitrogen and oxygen atoms in total. The van der Waals surface area contributed by atoms with E-state index in [9.17, 15) is 8.42 Å². The van der Waals surface area contributed by atoms with E-state index in [1.165, 1.54) is 51.4 Å². The Morgan fingerprint density at radius 2 is 1.32 bits per heavy atom. The van der Waals surface area contributed by atoms with E-state index in [-0.39, 0.29) is 6.61 Å². The molecular formula is C13H31NO4S. The van der Waals surface area contributed by atoms with Crippen LogP contribution in [0.3, 0.4) is 0 Å². The van der Waals surface area contributed by atoms with Crippen LogP contribution in [0.5, 0.6) is 0 Å². The summed E-state index contributed by atoms with van der Waals surface area (Å²) >= 11 is 0. The summed E-state index contributed by atoms with van der Waals surface area (Å²) in [6.45, 7) is 4.33. The van der Waals surface area contributed by atoms with Gasteiger partial charge in [-0.1, -0.05) is 51.9 Å². The molecule has 6 heteroatoms. The van der Waals surface area contributed by atoms with Gasteiger partial charge < -0.3 is 10.4 Å². The van der Waals surface area contributed by atoms with Crippen LogP contribution in [0.15, 0.2) is 0 Å². The van der Waals surface area contributed by atoms with Crippen LogP contribution in [-0.4, -0.2) is 44.0 Å². The zero-order valence-electron chi connectivity index (χ0n) is 12.4. The fourth-order valence-corrected chi connectivity index (χ4v) is 1.59. The van der Waals surface area contributed by atoms with Crippen molar-refractivity contribution < 1.29 is 18.1 Å². The molecule has 0 spiro atoms. The van der Waals surface area contributed by atoms with Crippen LogP contribution in [0.2, 0.25) is 0 Å². The number of hydrogen-bond acceptors (Lipinski definition) is 4. The predicted octanol–water partition coefficient (Wildman–Crippen LogP) is 2.21. The van der Waals surface area contributed by atoms with Gasteiger partial charge in [0, 0.05) is 6.54 Å². The molecule has 0 aromatic carbocycles. The van der Waals surface area contributed by atoms with Crippen molar-refractivity contribution in [1.29, 1.82) is 0 Å². The lowest BCUT2D eigenvalue weighted by molar-refractivity contribution is 0.292. The van der Waals surface area contributed by atoms with Crippen molar-refractivity contribution in [3.05, 3.63) is 0 Å². The fraction of sp³-hybridized carbons (Fsp3) is 1.00. The van der Waals surface area contributed by atoms with E-state index in [1.54, 1.807) is 0 Å². The molecule has 0 aliphatic heterocycles. The van der Waals surface area contributed by atoms with Crippen LogP contribution in [0.1, 0.15) is 58.3 Å². The molecule has 3 N–H and O–H groups in total. The summed E-state index contributed by atoms with van der Waals surface area (Å²) in [5.41, 5.74) is 0. The molecule has 0 unspecified atom stereocenters. The summed E-state index contributed by atoms with van der Waals surface area (Å²) in [5.74, 6) is 0. The molecule has 0 aromatic rings. The standard InChI is InChI=1S/C12H27NO.CH4O3S/c1-2-3-4-5-6-7-8-9-10-13-11-12-14;1-5(2,3)4/h13-14H,2-12H2,1H3;1H3,(H,2,3,4). The highest BCUT2D eigenvalue weighted by Crippen LogP contribution is 2.07. The highest BCUT2D eigenvalue weighted by Gasteiger charge is 1.91. The summed E-state index contributed by atoms with van der Waals surface area (Å²) in [6, 6.07) is 0. The lowest BCUT2D eigenvalue weighted by Crippen LogP contribution is -2.19. The zero-order valence-corrected chi connectivity index (χ0v) is 13.2. The van der Waals surface area contributed by atoms with Crippen LogP contribution in [0.4, 0.5) is 0 Å². The second kappa shape index (κ2) is 15.9. The molecule has 0 saturated heterocycles. The minimum absolute atomic E-state index is 0.261. The number of rotatable bonds is 11. The summed E-state index contributed by atoms with van der Waals surface area (Å²) < 4.78 is 25.9. The predicted molar refractivity (Wildman–Crippen MR) is 80.0 cm³/mol. The Balaban J connectivity index is 0. The monoisotopic (exact) mass is 297 g/mol. The Labute approximate surface area is 118 Å². The highest BCUT2D eigenvalue weighted by molar-refractivity contribution is 7.85. The van der Waals surface area contributed by atoms with Gasteiger partial charge in [0.25, 0.3) is 10.1 Å². The molecule has 0 fully saturated rings. The smallest absolute Gasteiger partial charge is 0.261 e. The lowest BCUT2D eigenvalue weighted by atomic mass is 10.1. The Morgan fingerprint density at radius 1 is 0.895 bits per heavy atom. The molecule has 0 aliphatic rings. The van der Waals surface area contributed by atoms with Crippen molar-refractivity contribution in [1.82, 2.24) is 5.32 Å². The first-order chi connectivity index (χ1) is 8.91. The molecule has 19 heavy (non-hydrogen) atoms. The minimum atomic E-state index is -3.67. The summed E-state index contributed by atoms with van der Waals surface area (Å²) in [4.78, 5) is 0. The number of nitrogens with one attached hydrogen (secondary N) is 1. The maximum Gasteiger partial charge on any atom is 0.261 e. The Bertz CT molecular complexity index is 235. The van der Waals surface area contributed by atoms with Gasteiger partial charge in [0.2, 0.25) is 0 Å². The van der Waals surface area contributed by atoms with Crippen molar-refractivity contribution in [2.75, 3.05) is 26.0 Å². The molecule has 0 atom stereocenters. The summed E-state index contributed by atoms with van der Waals surface area (Å²) in [5, 5.41) is 11.7. The van der Waals surface area contributed by atoms with Gasteiger partial charge in [-0.25, -0.2) is 0 Å².